The summed E-state index contributed by atoms with van der Waals surface area (Å²) in [4.78, 5) is 0.168. The molecule has 0 aliphatic rings. The van der Waals surface area contributed by atoms with Crippen LogP contribution in [0.2, 0.25) is 0 Å². The molecule has 0 radical (unpaired) electrons. The molecular weight excluding hydrogens is 292 g/mol. The molecule has 2 aromatic rings. The van der Waals surface area contributed by atoms with Crippen molar-refractivity contribution in [3.63, 3.8) is 0 Å². The van der Waals surface area contributed by atoms with Crippen molar-refractivity contribution in [1.82, 2.24) is 25.3 Å². The highest BCUT2D eigenvalue weighted by Crippen LogP contribution is 2.20. The lowest BCUT2D eigenvalue weighted by atomic mass is 10.3. The van der Waals surface area contributed by atoms with Crippen LogP contribution in [0.15, 0.2) is 17.2 Å². The Morgan fingerprint density at radius 2 is 2.14 bits per heavy atom. The topological polar surface area (TPSA) is 105 Å². The first kappa shape index (κ1) is 15.5. The fourth-order valence-corrected chi connectivity index (χ4v) is 3.27. The average Bonchev–Trinajstić information content (AvgIpc) is 2.93. The zero-order valence-corrected chi connectivity index (χ0v) is 13.3. The Morgan fingerprint density at radius 1 is 1.43 bits per heavy atom. The van der Waals surface area contributed by atoms with E-state index in [1.807, 2.05) is 13.8 Å². The van der Waals surface area contributed by atoms with Crippen molar-refractivity contribution in [2.24, 2.45) is 7.05 Å². The van der Waals surface area contributed by atoms with Crippen molar-refractivity contribution < 1.29 is 8.42 Å². The van der Waals surface area contributed by atoms with Crippen LogP contribution in [0.4, 0.5) is 5.82 Å². The lowest BCUT2D eigenvalue weighted by Gasteiger charge is -2.09. The Hall–Kier alpha value is -1.87. The second-order valence-electron chi connectivity index (χ2n) is 5.14. The van der Waals surface area contributed by atoms with Crippen molar-refractivity contribution in [1.29, 1.82) is 0 Å². The lowest BCUT2D eigenvalue weighted by molar-refractivity contribution is 0.570. The second kappa shape index (κ2) is 5.86. The van der Waals surface area contributed by atoms with Gasteiger partial charge in [0.2, 0.25) is 0 Å². The highest BCUT2D eigenvalue weighted by molar-refractivity contribution is 7.92. The van der Waals surface area contributed by atoms with Gasteiger partial charge in [-0.15, -0.1) is 0 Å². The van der Waals surface area contributed by atoms with Gasteiger partial charge >= 0.3 is 0 Å². The summed E-state index contributed by atoms with van der Waals surface area (Å²) in [7, 11) is -2.00. The summed E-state index contributed by atoms with van der Waals surface area (Å²) in [6, 6.07) is 1.83. The predicted molar refractivity (Wildman–Crippen MR) is 79.3 cm³/mol. The number of hydrogen-bond acceptors (Lipinski definition) is 5. The standard InChI is InChI=1S/C12H20N6O2S/c1-8(2)13-7-10-12(9(3)14-15-10)21(19,20)17-11-5-6-18(4)16-11/h5-6,8,13H,7H2,1-4H3,(H,14,15)(H,16,17). The molecule has 0 atom stereocenters. The normalized spacial score (nSPS) is 12.0. The number of aromatic nitrogens is 4. The first-order valence-electron chi connectivity index (χ1n) is 6.59. The molecule has 2 rings (SSSR count). The third-order valence-electron chi connectivity index (χ3n) is 2.86. The van der Waals surface area contributed by atoms with Crippen LogP contribution in [0.1, 0.15) is 25.2 Å². The van der Waals surface area contributed by atoms with E-state index >= 15 is 0 Å². The van der Waals surface area contributed by atoms with Gasteiger partial charge in [-0.1, -0.05) is 13.8 Å². The molecule has 9 heteroatoms. The van der Waals surface area contributed by atoms with E-state index in [1.165, 1.54) is 4.68 Å². The molecule has 116 valence electrons. The number of sulfonamides is 1. The average molecular weight is 312 g/mol. The Labute approximate surface area is 124 Å². The second-order valence-corrected chi connectivity index (χ2v) is 6.76. The molecule has 3 N–H and O–H groups in total. The Morgan fingerprint density at radius 3 is 2.71 bits per heavy atom. The molecule has 0 saturated carbocycles. The molecule has 0 bridgehead atoms. The molecule has 2 aromatic heterocycles. The highest BCUT2D eigenvalue weighted by Gasteiger charge is 2.25. The van der Waals surface area contributed by atoms with Gasteiger partial charge in [0.15, 0.2) is 5.82 Å². The largest absolute Gasteiger partial charge is 0.309 e. The first-order chi connectivity index (χ1) is 9.79. The van der Waals surface area contributed by atoms with Gasteiger partial charge in [0.05, 0.1) is 11.4 Å². The van der Waals surface area contributed by atoms with Crippen molar-refractivity contribution in [2.45, 2.75) is 38.3 Å². The molecule has 2 heterocycles. The van der Waals surface area contributed by atoms with Gasteiger partial charge in [0, 0.05) is 31.9 Å². The summed E-state index contributed by atoms with van der Waals surface area (Å²) in [5, 5.41) is 14.0. The molecular formula is C12H20N6O2S. The maximum absolute atomic E-state index is 12.5. The first-order valence-corrected chi connectivity index (χ1v) is 8.07. The lowest BCUT2D eigenvalue weighted by Crippen LogP contribution is -2.24. The van der Waals surface area contributed by atoms with Crippen molar-refractivity contribution in [3.8, 4) is 0 Å². The van der Waals surface area contributed by atoms with Gasteiger partial charge in [-0.3, -0.25) is 14.5 Å². The molecule has 0 fully saturated rings. The minimum Gasteiger partial charge on any atom is -0.309 e. The van der Waals surface area contributed by atoms with Gasteiger partial charge in [-0.2, -0.15) is 10.2 Å². The van der Waals surface area contributed by atoms with Crippen molar-refractivity contribution >= 4 is 15.8 Å². The van der Waals surface area contributed by atoms with Gasteiger partial charge < -0.3 is 5.32 Å². The van der Waals surface area contributed by atoms with E-state index < -0.39 is 10.0 Å². The van der Waals surface area contributed by atoms with E-state index in [9.17, 15) is 8.42 Å². The summed E-state index contributed by atoms with van der Waals surface area (Å²) in [6.07, 6.45) is 1.67. The van der Waals surface area contributed by atoms with Crippen LogP contribution in [0, 0.1) is 6.92 Å². The third kappa shape index (κ3) is 3.61. The molecule has 0 unspecified atom stereocenters. The molecule has 0 spiro atoms. The van der Waals surface area contributed by atoms with E-state index in [1.54, 1.807) is 26.2 Å². The maximum Gasteiger partial charge on any atom is 0.266 e. The van der Waals surface area contributed by atoms with Crippen LogP contribution < -0.4 is 10.0 Å². The van der Waals surface area contributed by atoms with Gasteiger partial charge in [-0.25, -0.2) is 8.42 Å². The predicted octanol–water partition coefficient (Wildman–Crippen LogP) is 0.750. The quantitative estimate of drug-likeness (QED) is 0.730. The van der Waals surface area contributed by atoms with Crippen LogP contribution in [0.25, 0.3) is 0 Å². The molecule has 0 saturated heterocycles. The number of nitrogens with zero attached hydrogens (tertiary/aromatic N) is 3. The van der Waals surface area contributed by atoms with Gasteiger partial charge in [0.1, 0.15) is 4.90 Å². The zero-order chi connectivity index (χ0) is 15.6. The van der Waals surface area contributed by atoms with E-state index in [2.05, 4.69) is 25.3 Å². The van der Waals surface area contributed by atoms with E-state index in [0.29, 0.717) is 17.9 Å². The summed E-state index contributed by atoms with van der Waals surface area (Å²) in [5.74, 6) is 0.279. The number of aryl methyl sites for hydroxylation is 2. The summed E-state index contributed by atoms with van der Waals surface area (Å²) >= 11 is 0. The third-order valence-corrected chi connectivity index (χ3v) is 4.42. The van der Waals surface area contributed by atoms with Crippen LogP contribution in [-0.4, -0.2) is 34.4 Å². The molecule has 0 aliphatic carbocycles. The highest BCUT2D eigenvalue weighted by atomic mass is 32.2. The van der Waals surface area contributed by atoms with Crippen LogP contribution in [-0.2, 0) is 23.6 Å². The summed E-state index contributed by atoms with van der Waals surface area (Å²) < 4.78 is 29.0. The zero-order valence-electron chi connectivity index (χ0n) is 12.5. The Bertz CT molecular complexity index is 716. The summed E-state index contributed by atoms with van der Waals surface area (Å²) in [5.41, 5.74) is 0.962. The van der Waals surface area contributed by atoms with E-state index in [0.717, 1.165) is 0 Å². The fraction of sp³-hybridized carbons (Fsp3) is 0.500. The minimum atomic E-state index is -3.73. The maximum atomic E-state index is 12.5. The van der Waals surface area contributed by atoms with E-state index in [-0.39, 0.29) is 16.8 Å². The van der Waals surface area contributed by atoms with Crippen molar-refractivity contribution in [3.05, 3.63) is 23.7 Å². The van der Waals surface area contributed by atoms with Crippen molar-refractivity contribution in [2.75, 3.05) is 4.72 Å². The molecule has 8 nitrogen and oxygen atoms in total. The molecule has 0 aliphatic heterocycles. The SMILES string of the molecule is Cc1[nH]nc(CNC(C)C)c1S(=O)(=O)Nc1ccn(C)n1. The monoisotopic (exact) mass is 312 g/mol. The minimum absolute atomic E-state index is 0.168. The number of nitrogens with one attached hydrogen (secondary N) is 3. The van der Waals surface area contributed by atoms with Crippen LogP contribution >= 0.6 is 0 Å². The number of anilines is 1. The van der Waals surface area contributed by atoms with Crippen LogP contribution in [0.3, 0.4) is 0 Å². The van der Waals surface area contributed by atoms with Gasteiger partial charge in [-0.05, 0) is 6.92 Å². The summed E-state index contributed by atoms with van der Waals surface area (Å²) in [6.45, 7) is 6.03. The number of aromatic amines is 1. The molecule has 21 heavy (non-hydrogen) atoms. The fourth-order valence-electron chi connectivity index (χ4n) is 1.90. The van der Waals surface area contributed by atoms with E-state index in [4.69, 9.17) is 0 Å². The van der Waals surface area contributed by atoms with Crippen LogP contribution in [0.5, 0.6) is 0 Å². The number of H-pyrrole nitrogens is 1. The molecule has 0 amide bonds. The Balaban J connectivity index is 2.28. The smallest absolute Gasteiger partial charge is 0.266 e. The van der Waals surface area contributed by atoms with Gasteiger partial charge in [0.25, 0.3) is 10.0 Å². The Kier molecular flexibility index (Phi) is 4.33. The number of hydrogen-bond donors (Lipinski definition) is 3. The number of rotatable bonds is 6. The molecule has 0 aromatic carbocycles.